The second-order valence-electron chi connectivity index (χ2n) is 22.4. The van der Waals surface area contributed by atoms with Crippen LogP contribution >= 0.6 is 0 Å². The van der Waals surface area contributed by atoms with E-state index in [0.717, 1.165) is 102 Å². The molecule has 0 aliphatic carbocycles. The zero-order chi connectivity index (χ0) is 58.0. The molecule has 0 N–H and O–H groups in total. The Hall–Kier alpha value is -11.2. The zero-order valence-corrected chi connectivity index (χ0v) is 48.1. The summed E-state index contributed by atoms with van der Waals surface area (Å²) in [6.07, 6.45) is 6.62. The van der Waals surface area contributed by atoms with Crippen LogP contribution in [0.3, 0.4) is 0 Å². The Morgan fingerprint density at radius 1 is 0.299 bits per heavy atom. The summed E-state index contributed by atoms with van der Waals surface area (Å²) in [7, 11) is 0. The van der Waals surface area contributed by atoms with E-state index >= 15 is 0 Å². The maximum atomic E-state index is 4.67. The molecular weight excluding hydrogens is 1050 g/mol. The van der Waals surface area contributed by atoms with Crippen molar-refractivity contribution in [2.24, 2.45) is 0 Å². The smallest absolute Gasteiger partial charge is 0.252 e. The number of rotatable bonds is 12. The summed E-state index contributed by atoms with van der Waals surface area (Å²) in [4.78, 5) is 14.9. The van der Waals surface area contributed by atoms with Gasteiger partial charge in [-0.15, -0.1) is 0 Å². The minimum atomic E-state index is -0.214. The van der Waals surface area contributed by atoms with E-state index in [1.807, 2.05) is 0 Å². The highest BCUT2D eigenvalue weighted by molar-refractivity contribution is 7.01. The molecule has 4 aliphatic rings. The lowest BCUT2D eigenvalue weighted by Crippen LogP contribution is -2.63. The quantitative estimate of drug-likeness (QED) is 0.113. The first-order chi connectivity index (χ1) is 43.1. The topological polar surface area (TPSA) is 19.4 Å². The van der Waals surface area contributed by atoms with Crippen LogP contribution in [0.25, 0.3) is 0 Å². The number of allylic oxidation sites excluding steroid dienone is 4. The SMILES string of the molecule is C=CC1=C(/C=C\C)B2c3cc4c(cc3N(c3ccccc3)c3cc(N(c5ccccc5)c5ccccc5)cc(c32)N1c1ccccc1)N(c1ccccc1)c1cc(N(c2ccccc2)c2ccccc2)cc2c1B4c1ccccc1N2c1ccccc1. The molecule has 12 aromatic carbocycles. The third-order valence-corrected chi connectivity index (χ3v) is 17.6. The molecular formula is C79H58B2N6. The van der Waals surface area contributed by atoms with E-state index in [1.165, 1.54) is 32.8 Å². The average molecular weight is 1110 g/mol. The molecule has 0 atom stereocenters. The summed E-state index contributed by atoms with van der Waals surface area (Å²) in [5.74, 6) is 0. The molecule has 0 bridgehead atoms. The van der Waals surface area contributed by atoms with Crippen LogP contribution in [0.1, 0.15) is 6.92 Å². The van der Waals surface area contributed by atoms with Crippen molar-refractivity contribution < 1.29 is 0 Å². The summed E-state index contributed by atoms with van der Waals surface area (Å²) in [6.45, 7) is 6.43. The van der Waals surface area contributed by atoms with Crippen molar-refractivity contribution in [3.8, 4) is 0 Å². The zero-order valence-electron chi connectivity index (χ0n) is 48.1. The fourth-order valence-electron chi connectivity index (χ4n) is 14.2. The Morgan fingerprint density at radius 3 is 1.01 bits per heavy atom. The first kappa shape index (κ1) is 51.4. The van der Waals surface area contributed by atoms with Crippen LogP contribution in [0, 0.1) is 0 Å². The van der Waals surface area contributed by atoms with Gasteiger partial charge in [-0.05, 0) is 179 Å². The highest BCUT2D eigenvalue weighted by atomic mass is 15.2. The molecule has 0 saturated heterocycles. The van der Waals surface area contributed by atoms with Crippen LogP contribution < -0.4 is 56.7 Å². The van der Waals surface area contributed by atoms with Gasteiger partial charge in [-0.3, -0.25) is 0 Å². The average Bonchev–Trinajstić information content (AvgIpc) is 0.708. The molecule has 0 amide bonds. The second-order valence-corrected chi connectivity index (χ2v) is 22.4. The number of hydrogen-bond donors (Lipinski definition) is 0. The maximum absolute atomic E-state index is 4.67. The van der Waals surface area contributed by atoms with Crippen LogP contribution in [0.5, 0.6) is 0 Å². The van der Waals surface area contributed by atoms with Gasteiger partial charge in [0.05, 0.1) is 11.4 Å². The highest BCUT2D eigenvalue weighted by Crippen LogP contribution is 2.52. The molecule has 8 heteroatoms. The normalized spacial score (nSPS) is 13.4. The summed E-state index contributed by atoms with van der Waals surface area (Å²) < 4.78 is 0. The van der Waals surface area contributed by atoms with Crippen molar-refractivity contribution in [2.45, 2.75) is 6.92 Å². The first-order valence-electron chi connectivity index (χ1n) is 30.0. The molecule has 0 fully saturated rings. The standard InChI is InChI=1S/C79H58B2N6/c1-3-31-66-70(4-2)84(60-40-21-9-22-41-60)74-50-64(82(56-32-13-5-14-33-56)57-34-15-6-16-35-57)52-76-78(74)80(66)68-54-69-73(55-72(68)86(76)62-44-25-11-26-45-62)87(63-46-27-12-28-47-63)77-53-65(83(58-36-17-7-18-37-58)59-38-19-8-20-39-59)51-75-79(77)81(69)67-48-29-30-49-71(67)85(75)61-42-23-10-24-43-61/h3-55H,2H2,1H3/b31-3-. The van der Waals surface area contributed by atoms with Crippen molar-refractivity contribution in [1.29, 1.82) is 0 Å². The van der Waals surface area contributed by atoms with Crippen LogP contribution in [-0.2, 0) is 0 Å². The van der Waals surface area contributed by atoms with Gasteiger partial charge in [-0.2, -0.15) is 0 Å². The van der Waals surface area contributed by atoms with Crippen molar-refractivity contribution in [3.05, 3.63) is 339 Å². The minimum absolute atomic E-state index is 0.168. The van der Waals surface area contributed by atoms with Gasteiger partial charge in [0.15, 0.2) is 0 Å². The number of fused-ring (bicyclic) bond motifs is 6. The maximum Gasteiger partial charge on any atom is 0.252 e. The summed E-state index contributed by atoms with van der Waals surface area (Å²) >= 11 is 0. The molecule has 0 unspecified atom stereocenters. The number of para-hydroxylation sites is 9. The largest absolute Gasteiger partial charge is 0.311 e. The molecule has 16 rings (SSSR count). The van der Waals surface area contributed by atoms with E-state index in [-0.39, 0.29) is 13.4 Å². The summed E-state index contributed by atoms with van der Waals surface area (Å²) in [5.41, 5.74) is 26.9. The molecule has 0 saturated carbocycles. The molecule has 0 spiro atoms. The van der Waals surface area contributed by atoms with Gasteiger partial charge in [-0.1, -0.05) is 189 Å². The lowest BCUT2D eigenvalue weighted by molar-refractivity contribution is 1.17. The Kier molecular flexibility index (Phi) is 12.7. The Morgan fingerprint density at radius 2 is 0.621 bits per heavy atom. The van der Waals surface area contributed by atoms with Crippen molar-refractivity contribution >= 4 is 137 Å². The predicted octanol–water partition coefficient (Wildman–Crippen LogP) is 17.8. The van der Waals surface area contributed by atoms with E-state index in [2.05, 4.69) is 364 Å². The fraction of sp³-hybridized carbons (Fsp3) is 0.0127. The molecule has 4 aliphatic heterocycles. The summed E-state index contributed by atoms with van der Waals surface area (Å²) in [6, 6.07) is 111. The van der Waals surface area contributed by atoms with Crippen LogP contribution in [0.4, 0.5) is 96.7 Å². The number of nitrogens with zero attached hydrogens (tertiary/aromatic N) is 6. The van der Waals surface area contributed by atoms with Gasteiger partial charge in [0.1, 0.15) is 0 Å². The van der Waals surface area contributed by atoms with Crippen LogP contribution in [0.2, 0.25) is 0 Å². The van der Waals surface area contributed by atoms with Gasteiger partial charge in [-0.25, -0.2) is 0 Å². The predicted molar refractivity (Wildman–Crippen MR) is 370 cm³/mol. The van der Waals surface area contributed by atoms with Gasteiger partial charge < -0.3 is 29.4 Å². The molecule has 0 aromatic heterocycles. The summed E-state index contributed by atoms with van der Waals surface area (Å²) in [5, 5.41) is 0. The number of anilines is 17. The molecule has 6 nitrogen and oxygen atoms in total. The Labute approximate surface area is 510 Å². The van der Waals surface area contributed by atoms with Crippen molar-refractivity contribution in [3.63, 3.8) is 0 Å². The van der Waals surface area contributed by atoms with Crippen molar-refractivity contribution in [1.82, 2.24) is 0 Å². The van der Waals surface area contributed by atoms with Crippen LogP contribution in [0.15, 0.2) is 339 Å². The van der Waals surface area contributed by atoms with E-state index in [0.29, 0.717) is 0 Å². The van der Waals surface area contributed by atoms with E-state index < -0.39 is 0 Å². The minimum Gasteiger partial charge on any atom is -0.311 e. The first-order valence-corrected chi connectivity index (χ1v) is 30.0. The number of benzene rings is 12. The lowest BCUT2D eigenvalue weighted by atomic mass is 9.30. The molecule has 4 heterocycles. The van der Waals surface area contributed by atoms with E-state index in [9.17, 15) is 0 Å². The fourth-order valence-corrected chi connectivity index (χ4v) is 14.2. The van der Waals surface area contributed by atoms with E-state index in [4.69, 9.17) is 0 Å². The molecule has 87 heavy (non-hydrogen) atoms. The van der Waals surface area contributed by atoms with E-state index in [1.54, 1.807) is 0 Å². The third-order valence-electron chi connectivity index (χ3n) is 17.6. The molecule has 0 radical (unpaired) electrons. The number of hydrogen-bond acceptors (Lipinski definition) is 6. The highest BCUT2D eigenvalue weighted by Gasteiger charge is 2.49. The van der Waals surface area contributed by atoms with Gasteiger partial charge in [0.2, 0.25) is 0 Å². The second kappa shape index (κ2) is 21.4. The van der Waals surface area contributed by atoms with Gasteiger partial charge >= 0.3 is 0 Å². The lowest BCUT2D eigenvalue weighted by Gasteiger charge is -2.48. The van der Waals surface area contributed by atoms with Gasteiger partial charge in [0.25, 0.3) is 13.4 Å². The molecule has 410 valence electrons. The Balaban J connectivity index is 1.04. The van der Waals surface area contributed by atoms with Crippen LogP contribution in [-0.4, -0.2) is 13.4 Å². The van der Waals surface area contributed by atoms with Gasteiger partial charge in [0, 0.05) is 91.0 Å². The molecule has 12 aromatic rings. The Bertz CT molecular complexity index is 4550. The monoisotopic (exact) mass is 1110 g/mol. The van der Waals surface area contributed by atoms with Crippen molar-refractivity contribution in [2.75, 3.05) is 29.4 Å². The third kappa shape index (κ3) is 8.43.